The highest BCUT2D eigenvalue weighted by molar-refractivity contribution is 5.64. The summed E-state index contributed by atoms with van der Waals surface area (Å²) in [6.45, 7) is 12.7. The van der Waals surface area contributed by atoms with E-state index in [1.807, 2.05) is 19.1 Å². The van der Waals surface area contributed by atoms with E-state index in [1.54, 1.807) is 0 Å². The summed E-state index contributed by atoms with van der Waals surface area (Å²) in [5.41, 5.74) is 11.0. The molecule has 1 atom stereocenters. The Labute approximate surface area is 145 Å². The van der Waals surface area contributed by atoms with Gasteiger partial charge in [0.2, 0.25) is 0 Å². The first-order valence-electron chi connectivity index (χ1n) is 8.57. The van der Waals surface area contributed by atoms with Crippen molar-refractivity contribution >= 4 is 5.82 Å². The molecule has 0 aliphatic heterocycles. The lowest BCUT2D eigenvalue weighted by Crippen LogP contribution is -2.12. The molecule has 3 N–H and O–H groups in total. The average Bonchev–Trinajstić information content (AvgIpc) is 2.52. The third kappa shape index (κ3) is 3.59. The largest absolute Gasteiger partial charge is 0.392 e. The summed E-state index contributed by atoms with van der Waals surface area (Å²) in [6, 6.07) is 6.10. The summed E-state index contributed by atoms with van der Waals surface area (Å²) in [6.07, 6.45) is 0.996. The van der Waals surface area contributed by atoms with Gasteiger partial charge in [-0.15, -0.1) is 0 Å². The number of aliphatic hydroxyl groups is 1. The molecule has 2 aromatic rings. The molecule has 0 spiro atoms. The lowest BCUT2D eigenvalue weighted by atomic mass is 9.85. The molecule has 1 aromatic carbocycles. The van der Waals surface area contributed by atoms with Gasteiger partial charge in [0.15, 0.2) is 5.82 Å². The number of anilines is 1. The summed E-state index contributed by atoms with van der Waals surface area (Å²) in [5.74, 6) is 1.46. The van der Waals surface area contributed by atoms with Crippen molar-refractivity contribution in [3.05, 3.63) is 40.6 Å². The van der Waals surface area contributed by atoms with Gasteiger partial charge in [0.1, 0.15) is 5.82 Å². The second-order valence-electron chi connectivity index (χ2n) is 7.52. The molecule has 0 fully saturated rings. The summed E-state index contributed by atoms with van der Waals surface area (Å²) < 4.78 is 0. The Morgan fingerprint density at radius 1 is 1.21 bits per heavy atom. The van der Waals surface area contributed by atoms with E-state index in [4.69, 9.17) is 5.73 Å². The predicted molar refractivity (Wildman–Crippen MR) is 99.9 cm³/mol. The lowest BCUT2D eigenvalue weighted by molar-refractivity contribution is 0.282. The fourth-order valence-corrected chi connectivity index (χ4v) is 2.95. The molecule has 0 saturated heterocycles. The monoisotopic (exact) mass is 327 g/mol. The van der Waals surface area contributed by atoms with Gasteiger partial charge >= 0.3 is 0 Å². The van der Waals surface area contributed by atoms with Crippen LogP contribution < -0.4 is 5.73 Å². The van der Waals surface area contributed by atoms with E-state index in [0.29, 0.717) is 17.6 Å². The number of aromatic nitrogens is 2. The highest BCUT2D eigenvalue weighted by Gasteiger charge is 2.19. The van der Waals surface area contributed by atoms with E-state index in [2.05, 4.69) is 50.7 Å². The van der Waals surface area contributed by atoms with Crippen LogP contribution in [-0.2, 0) is 12.0 Å². The molecule has 0 radical (unpaired) electrons. The minimum Gasteiger partial charge on any atom is -0.392 e. The Hall–Kier alpha value is -1.94. The Balaban J connectivity index is 2.57. The normalized spacial score (nSPS) is 13.1. The van der Waals surface area contributed by atoms with Crippen molar-refractivity contribution in [2.75, 3.05) is 5.73 Å². The zero-order valence-electron chi connectivity index (χ0n) is 15.6. The molecular weight excluding hydrogens is 298 g/mol. The minimum atomic E-state index is -0.0469. The van der Waals surface area contributed by atoms with Gasteiger partial charge in [-0.25, -0.2) is 9.97 Å². The van der Waals surface area contributed by atoms with Crippen LogP contribution in [0, 0.1) is 6.92 Å². The molecule has 0 bridgehead atoms. The number of aliphatic hydroxyl groups excluding tert-OH is 1. The van der Waals surface area contributed by atoms with Gasteiger partial charge < -0.3 is 10.8 Å². The summed E-state index contributed by atoms with van der Waals surface area (Å²) in [4.78, 5) is 9.20. The van der Waals surface area contributed by atoms with Crippen LogP contribution in [0.5, 0.6) is 0 Å². The number of aryl methyl sites for hydroxylation is 1. The van der Waals surface area contributed by atoms with Gasteiger partial charge in [-0.3, -0.25) is 0 Å². The highest BCUT2D eigenvalue weighted by atomic mass is 16.3. The molecule has 4 nitrogen and oxygen atoms in total. The van der Waals surface area contributed by atoms with E-state index < -0.39 is 0 Å². The minimum absolute atomic E-state index is 0.0265. The first kappa shape index (κ1) is 18.4. The van der Waals surface area contributed by atoms with Crippen molar-refractivity contribution in [3.8, 4) is 11.4 Å². The van der Waals surface area contributed by atoms with Crippen molar-refractivity contribution in [1.29, 1.82) is 0 Å². The molecule has 0 saturated carbocycles. The van der Waals surface area contributed by atoms with Crippen LogP contribution >= 0.6 is 0 Å². The Kier molecular flexibility index (Phi) is 5.29. The summed E-state index contributed by atoms with van der Waals surface area (Å²) in [5, 5.41) is 9.80. The second-order valence-corrected chi connectivity index (χ2v) is 7.52. The van der Waals surface area contributed by atoms with Crippen LogP contribution in [0.3, 0.4) is 0 Å². The van der Waals surface area contributed by atoms with E-state index in [-0.39, 0.29) is 12.0 Å². The molecule has 0 aliphatic carbocycles. The van der Waals surface area contributed by atoms with Crippen LogP contribution in [-0.4, -0.2) is 15.1 Å². The number of hydrogen-bond acceptors (Lipinski definition) is 4. The van der Waals surface area contributed by atoms with Gasteiger partial charge in [0, 0.05) is 16.8 Å². The van der Waals surface area contributed by atoms with Gasteiger partial charge in [-0.05, 0) is 35.8 Å². The highest BCUT2D eigenvalue weighted by Crippen LogP contribution is 2.31. The molecule has 0 amide bonds. The quantitative estimate of drug-likeness (QED) is 0.876. The summed E-state index contributed by atoms with van der Waals surface area (Å²) >= 11 is 0. The summed E-state index contributed by atoms with van der Waals surface area (Å²) in [7, 11) is 0. The molecule has 130 valence electrons. The third-order valence-corrected chi connectivity index (χ3v) is 4.65. The van der Waals surface area contributed by atoms with Crippen molar-refractivity contribution in [3.63, 3.8) is 0 Å². The third-order valence-electron chi connectivity index (χ3n) is 4.65. The van der Waals surface area contributed by atoms with E-state index in [0.717, 1.165) is 28.8 Å². The van der Waals surface area contributed by atoms with E-state index in [9.17, 15) is 5.11 Å². The van der Waals surface area contributed by atoms with Gasteiger partial charge in [0.25, 0.3) is 0 Å². The number of benzene rings is 1. The first-order chi connectivity index (χ1) is 11.2. The maximum atomic E-state index is 9.80. The number of nitrogens with zero attached hydrogens (tertiary/aromatic N) is 2. The molecular formula is C20H29N3O. The fraction of sp³-hybridized carbons (Fsp3) is 0.500. The molecule has 0 aliphatic rings. The number of nitrogens with two attached hydrogens (primary N) is 1. The maximum Gasteiger partial charge on any atom is 0.162 e. The molecule has 1 aromatic heterocycles. The first-order valence-corrected chi connectivity index (χ1v) is 8.57. The average molecular weight is 327 g/mol. The van der Waals surface area contributed by atoms with E-state index in [1.165, 1.54) is 5.56 Å². The van der Waals surface area contributed by atoms with Gasteiger partial charge in [0.05, 0.1) is 6.61 Å². The zero-order chi connectivity index (χ0) is 18.1. The maximum absolute atomic E-state index is 9.80. The Morgan fingerprint density at radius 3 is 2.38 bits per heavy atom. The molecule has 24 heavy (non-hydrogen) atoms. The topological polar surface area (TPSA) is 72.0 Å². The fourth-order valence-electron chi connectivity index (χ4n) is 2.95. The second kappa shape index (κ2) is 6.89. The van der Waals surface area contributed by atoms with E-state index >= 15 is 0 Å². The predicted octanol–water partition coefficient (Wildman–Crippen LogP) is 4.34. The molecule has 2 rings (SSSR count). The number of hydrogen-bond donors (Lipinski definition) is 2. The number of rotatable bonds is 4. The Bertz CT molecular complexity index is 709. The Morgan fingerprint density at radius 2 is 1.88 bits per heavy atom. The van der Waals surface area contributed by atoms with Crippen LogP contribution in [0.1, 0.15) is 69.3 Å². The van der Waals surface area contributed by atoms with Crippen molar-refractivity contribution in [2.24, 2.45) is 0 Å². The molecule has 1 heterocycles. The molecule has 1 unspecified atom stereocenters. The lowest BCUT2D eigenvalue weighted by Gasteiger charge is -2.21. The van der Waals surface area contributed by atoms with Gasteiger partial charge in [-0.2, -0.15) is 0 Å². The standard InChI is InChI=1S/C20H29N3O/c1-7-12(2)17-13(3)22-19(23-18(17)21)16-9-8-15(20(4,5)6)10-14(16)11-24/h8-10,12,24H,7,11H2,1-6H3,(H2,21,22,23). The van der Waals surface area contributed by atoms with Crippen LogP contribution in [0.2, 0.25) is 0 Å². The number of nitrogen functional groups attached to an aromatic ring is 1. The van der Waals surface area contributed by atoms with Crippen LogP contribution in [0.15, 0.2) is 18.2 Å². The smallest absolute Gasteiger partial charge is 0.162 e. The van der Waals surface area contributed by atoms with Crippen molar-refractivity contribution in [1.82, 2.24) is 9.97 Å². The zero-order valence-corrected chi connectivity index (χ0v) is 15.6. The van der Waals surface area contributed by atoms with Crippen LogP contribution in [0.25, 0.3) is 11.4 Å². The van der Waals surface area contributed by atoms with Crippen molar-refractivity contribution < 1.29 is 5.11 Å². The molecule has 4 heteroatoms. The van der Waals surface area contributed by atoms with Gasteiger partial charge in [-0.1, -0.05) is 52.8 Å². The van der Waals surface area contributed by atoms with Crippen LogP contribution in [0.4, 0.5) is 5.82 Å². The van der Waals surface area contributed by atoms with Crippen molar-refractivity contribution in [2.45, 2.75) is 65.9 Å². The SMILES string of the molecule is CCC(C)c1c(C)nc(-c2ccc(C(C)(C)C)cc2CO)nc1N.